The molecule has 2 rings (SSSR count). The second-order valence-electron chi connectivity index (χ2n) is 5.12. The van der Waals surface area contributed by atoms with Crippen LogP contribution in [0.25, 0.3) is 0 Å². The molecule has 0 spiro atoms. The van der Waals surface area contributed by atoms with Crippen molar-refractivity contribution in [3.8, 4) is 0 Å². The van der Waals surface area contributed by atoms with Crippen LogP contribution in [0.15, 0.2) is 58.4 Å². The van der Waals surface area contributed by atoms with Gasteiger partial charge in [0, 0.05) is 6.21 Å². The van der Waals surface area contributed by atoms with Crippen molar-refractivity contribution in [2.75, 3.05) is 0 Å². The molecule has 2 N–H and O–H groups in total. The highest BCUT2D eigenvalue weighted by Crippen LogP contribution is 2.17. The highest BCUT2D eigenvalue weighted by atomic mass is 32.2. The van der Waals surface area contributed by atoms with Crippen LogP contribution in [0.2, 0.25) is 0 Å². The second kappa shape index (κ2) is 6.20. The molecule has 0 heterocycles. The summed E-state index contributed by atoms with van der Waals surface area (Å²) in [5.74, 6) is 0.502. The number of aliphatic imine (C=N–C) groups is 1. The third-order valence-electron chi connectivity index (χ3n) is 3.13. The Morgan fingerprint density at radius 3 is 2.05 bits per heavy atom. The molecule has 0 radical (unpaired) electrons. The van der Waals surface area contributed by atoms with Gasteiger partial charge in [0.1, 0.15) is 0 Å². The Balaban J connectivity index is 2.14. The Morgan fingerprint density at radius 2 is 1.57 bits per heavy atom. The van der Waals surface area contributed by atoms with Gasteiger partial charge in [0.2, 0.25) is 10.0 Å². The fourth-order valence-electron chi connectivity index (χ4n) is 1.84. The smallest absolute Gasteiger partial charge is 0.238 e. The van der Waals surface area contributed by atoms with E-state index >= 15 is 0 Å². The van der Waals surface area contributed by atoms with E-state index in [1.165, 1.54) is 17.7 Å². The van der Waals surface area contributed by atoms with Crippen LogP contribution >= 0.6 is 0 Å². The van der Waals surface area contributed by atoms with E-state index in [0.717, 1.165) is 5.56 Å². The fourth-order valence-corrected chi connectivity index (χ4v) is 2.35. The molecular formula is C16H18N2O2S. The van der Waals surface area contributed by atoms with Crippen LogP contribution in [0, 0.1) is 0 Å². The van der Waals surface area contributed by atoms with Crippen LogP contribution in [0.3, 0.4) is 0 Å². The van der Waals surface area contributed by atoms with E-state index in [1.54, 1.807) is 18.3 Å². The van der Waals surface area contributed by atoms with Crippen molar-refractivity contribution >= 4 is 21.9 Å². The van der Waals surface area contributed by atoms with Crippen molar-refractivity contribution in [1.82, 2.24) is 0 Å². The number of rotatable bonds is 4. The molecule has 0 unspecified atom stereocenters. The Hall–Kier alpha value is -1.98. The molecule has 0 saturated carbocycles. The van der Waals surface area contributed by atoms with Crippen molar-refractivity contribution in [2.24, 2.45) is 10.1 Å². The predicted octanol–water partition coefficient (Wildman–Crippen LogP) is 3.21. The highest BCUT2D eigenvalue weighted by molar-refractivity contribution is 7.89. The largest absolute Gasteiger partial charge is 0.256 e. The van der Waals surface area contributed by atoms with Crippen molar-refractivity contribution in [1.29, 1.82) is 0 Å². The molecule has 0 aliphatic carbocycles. The SMILES string of the molecule is CC(C)c1ccc(C=Nc2ccc(S(N)(=O)=O)cc2)cc1. The lowest BCUT2D eigenvalue weighted by molar-refractivity contribution is 0.598. The van der Waals surface area contributed by atoms with Gasteiger partial charge >= 0.3 is 0 Å². The molecule has 0 fully saturated rings. The monoisotopic (exact) mass is 302 g/mol. The molecular weight excluding hydrogens is 284 g/mol. The van der Waals surface area contributed by atoms with Gasteiger partial charge in [0.05, 0.1) is 10.6 Å². The summed E-state index contributed by atoms with van der Waals surface area (Å²) >= 11 is 0. The molecule has 0 aromatic heterocycles. The number of nitrogens with two attached hydrogens (primary N) is 1. The maximum absolute atomic E-state index is 11.1. The number of nitrogens with zero attached hydrogens (tertiary/aromatic N) is 1. The Bertz CT molecular complexity index is 731. The summed E-state index contributed by atoms with van der Waals surface area (Å²) in [6.07, 6.45) is 1.75. The Kier molecular flexibility index (Phi) is 4.55. The van der Waals surface area contributed by atoms with Crippen LogP contribution in [0.4, 0.5) is 5.69 Å². The molecule has 0 aliphatic heterocycles. The first kappa shape index (κ1) is 15.4. The van der Waals surface area contributed by atoms with E-state index in [9.17, 15) is 8.42 Å². The minimum Gasteiger partial charge on any atom is -0.256 e. The molecule has 21 heavy (non-hydrogen) atoms. The third-order valence-corrected chi connectivity index (χ3v) is 4.06. The molecule has 4 nitrogen and oxygen atoms in total. The summed E-state index contributed by atoms with van der Waals surface area (Å²) in [6.45, 7) is 4.30. The topological polar surface area (TPSA) is 72.5 Å². The van der Waals surface area contributed by atoms with Crippen LogP contribution in [-0.2, 0) is 10.0 Å². The molecule has 0 atom stereocenters. The molecule has 0 saturated heterocycles. The second-order valence-corrected chi connectivity index (χ2v) is 6.68. The lowest BCUT2D eigenvalue weighted by atomic mass is 10.0. The summed E-state index contributed by atoms with van der Waals surface area (Å²) in [7, 11) is -3.65. The summed E-state index contributed by atoms with van der Waals surface area (Å²) in [4.78, 5) is 4.40. The van der Waals surface area contributed by atoms with Gasteiger partial charge in [-0.3, -0.25) is 4.99 Å². The average molecular weight is 302 g/mol. The first-order chi connectivity index (χ1) is 9.86. The van der Waals surface area contributed by atoms with Crippen molar-refractivity contribution in [3.05, 3.63) is 59.7 Å². The highest BCUT2D eigenvalue weighted by Gasteiger charge is 2.05. The normalized spacial score (nSPS) is 12.2. The number of sulfonamides is 1. The van der Waals surface area contributed by atoms with Gasteiger partial charge in [-0.1, -0.05) is 38.1 Å². The quantitative estimate of drug-likeness (QED) is 0.881. The molecule has 0 amide bonds. The fraction of sp³-hybridized carbons (Fsp3) is 0.188. The van der Waals surface area contributed by atoms with Gasteiger partial charge in [-0.25, -0.2) is 13.6 Å². The predicted molar refractivity (Wildman–Crippen MR) is 85.6 cm³/mol. The molecule has 5 heteroatoms. The zero-order chi connectivity index (χ0) is 15.5. The van der Waals surface area contributed by atoms with Gasteiger partial charge in [-0.15, -0.1) is 0 Å². The Labute approximate surface area is 125 Å². The zero-order valence-electron chi connectivity index (χ0n) is 12.0. The number of primary sulfonamides is 1. The average Bonchev–Trinajstić information content (AvgIpc) is 2.45. The van der Waals surface area contributed by atoms with Gasteiger partial charge < -0.3 is 0 Å². The van der Waals surface area contributed by atoms with Gasteiger partial charge in [-0.05, 0) is 41.3 Å². The maximum atomic E-state index is 11.1. The van der Waals surface area contributed by atoms with Crippen LogP contribution in [-0.4, -0.2) is 14.6 Å². The number of benzene rings is 2. The van der Waals surface area contributed by atoms with E-state index in [4.69, 9.17) is 5.14 Å². The maximum Gasteiger partial charge on any atom is 0.238 e. The molecule has 0 aliphatic rings. The lowest BCUT2D eigenvalue weighted by Crippen LogP contribution is -2.11. The minimum atomic E-state index is -3.65. The standard InChI is InChI=1S/C16H18N2O2S/c1-12(2)14-5-3-13(4-6-14)11-18-15-7-9-16(10-8-15)21(17,19)20/h3-12H,1-2H3,(H2,17,19,20). The van der Waals surface area contributed by atoms with Crippen LogP contribution in [0.1, 0.15) is 30.9 Å². The van der Waals surface area contributed by atoms with Gasteiger partial charge in [0.25, 0.3) is 0 Å². The molecule has 2 aromatic carbocycles. The van der Waals surface area contributed by atoms with Crippen LogP contribution in [0.5, 0.6) is 0 Å². The minimum absolute atomic E-state index is 0.0859. The zero-order valence-corrected chi connectivity index (χ0v) is 12.8. The summed E-state index contributed by atoms with van der Waals surface area (Å²) in [5, 5.41) is 5.04. The van der Waals surface area contributed by atoms with E-state index in [-0.39, 0.29) is 4.90 Å². The molecule has 0 bridgehead atoms. The van der Waals surface area contributed by atoms with E-state index in [1.807, 2.05) is 12.1 Å². The number of hydrogen-bond donors (Lipinski definition) is 1. The molecule has 110 valence electrons. The van der Waals surface area contributed by atoms with Crippen molar-refractivity contribution < 1.29 is 8.42 Å². The van der Waals surface area contributed by atoms with Crippen LogP contribution < -0.4 is 5.14 Å². The van der Waals surface area contributed by atoms with Crippen molar-refractivity contribution in [2.45, 2.75) is 24.7 Å². The number of hydrogen-bond acceptors (Lipinski definition) is 3. The summed E-state index contributed by atoms with van der Waals surface area (Å²) in [6, 6.07) is 14.3. The van der Waals surface area contributed by atoms with Gasteiger partial charge in [-0.2, -0.15) is 0 Å². The van der Waals surface area contributed by atoms with E-state index in [2.05, 4.69) is 31.0 Å². The first-order valence-corrected chi connectivity index (χ1v) is 8.18. The van der Waals surface area contributed by atoms with E-state index < -0.39 is 10.0 Å². The summed E-state index contributed by atoms with van der Waals surface area (Å²) in [5.41, 5.74) is 2.95. The third kappa shape index (κ3) is 4.24. The van der Waals surface area contributed by atoms with Gasteiger partial charge in [0.15, 0.2) is 0 Å². The first-order valence-electron chi connectivity index (χ1n) is 6.63. The molecule has 2 aromatic rings. The lowest BCUT2D eigenvalue weighted by Gasteiger charge is -2.04. The van der Waals surface area contributed by atoms with E-state index in [0.29, 0.717) is 11.6 Å². The van der Waals surface area contributed by atoms with Crippen molar-refractivity contribution in [3.63, 3.8) is 0 Å². The summed E-state index contributed by atoms with van der Waals surface area (Å²) < 4.78 is 22.3. The Morgan fingerprint density at radius 1 is 1.00 bits per heavy atom.